The average Bonchev–Trinajstić information content (AvgIpc) is 2.46. The molecule has 0 fully saturated rings. The fourth-order valence-electron chi connectivity index (χ4n) is 2.41. The van der Waals surface area contributed by atoms with Crippen LogP contribution in [0.1, 0.15) is 16.7 Å². The number of hydrogen-bond acceptors (Lipinski definition) is 3. The van der Waals surface area contributed by atoms with E-state index in [-0.39, 0.29) is 0 Å². The van der Waals surface area contributed by atoms with Gasteiger partial charge in [-0.1, -0.05) is 23.8 Å². The summed E-state index contributed by atoms with van der Waals surface area (Å²) >= 11 is 0. The van der Waals surface area contributed by atoms with E-state index in [9.17, 15) is 0 Å². The summed E-state index contributed by atoms with van der Waals surface area (Å²) in [4.78, 5) is 0. The summed E-state index contributed by atoms with van der Waals surface area (Å²) in [5, 5.41) is 3.47. The molecule has 2 aromatic rings. The van der Waals surface area contributed by atoms with Gasteiger partial charge in [-0.15, -0.1) is 0 Å². The van der Waals surface area contributed by atoms with Crippen molar-refractivity contribution in [1.82, 2.24) is 0 Å². The van der Waals surface area contributed by atoms with Crippen molar-refractivity contribution in [2.45, 2.75) is 20.4 Å². The maximum atomic E-state index is 5.60. The van der Waals surface area contributed by atoms with Gasteiger partial charge in [-0.25, -0.2) is 0 Å². The Morgan fingerprint density at radius 3 is 2.55 bits per heavy atom. The number of aryl methyl sites for hydroxylation is 2. The fourth-order valence-corrected chi connectivity index (χ4v) is 2.41. The molecule has 0 aromatic heterocycles. The highest BCUT2D eigenvalue weighted by molar-refractivity contribution is 5.53. The van der Waals surface area contributed by atoms with E-state index in [4.69, 9.17) is 9.47 Å². The average molecular weight is 269 g/mol. The molecule has 3 nitrogen and oxygen atoms in total. The van der Waals surface area contributed by atoms with Crippen molar-refractivity contribution in [2.24, 2.45) is 0 Å². The normalized spacial score (nSPS) is 13.1. The summed E-state index contributed by atoms with van der Waals surface area (Å²) in [5.41, 5.74) is 4.91. The summed E-state index contributed by atoms with van der Waals surface area (Å²) < 4.78 is 11.1. The summed E-state index contributed by atoms with van der Waals surface area (Å²) in [7, 11) is 0. The van der Waals surface area contributed by atoms with Crippen molar-refractivity contribution in [3.63, 3.8) is 0 Å². The minimum absolute atomic E-state index is 0.626. The van der Waals surface area contributed by atoms with Crippen LogP contribution in [0.15, 0.2) is 36.4 Å². The molecule has 0 unspecified atom stereocenters. The first-order valence-electron chi connectivity index (χ1n) is 6.92. The molecule has 0 aliphatic carbocycles. The van der Waals surface area contributed by atoms with Gasteiger partial charge in [0, 0.05) is 12.2 Å². The first-order chi connectivity index (χ1) is 9.72. The van der Waals surface area contributed by atoms with Gasteiger partial charge in [0.25, 0.3) is 0 Å². The third-order valence-corrected chi connectivity index (χ3v) is 3.47. The summed E-state index contributed by atoms with van der Waals surface area (Å²) in [5.74, 6) is 1.68. The maximum Gasteiger partial charge on any atom is 0.161 e. The number of hydrogen-bond donors (Lipinski definition) is 1. The van der Waals surface area contributed by atoms with E-state index < -0.39 is 0 Å². The van der Waals surface area contributed by atoms with Crippen molar-refractivity contribution in [1.29, 1.82) is 0 Å². The molecule has 1 N–H and O–H groups in total. The molecule has 1 aliphatic heterocycles. The van der Waals surface area contributed by atoms with E-state index in [0.29, 0.717) is 13.2 Å². The van der Waals surface area contributed by atoms with Crippen molar-refractivity contribution < 1.29 is 9.47 Å². The van der Waals surface area contributed by atoms with Crippen LogP contribution in [0.5, 0.6) is 11.5 Å². The first kappa shape index (κ1) is 12.9. The standard InChI is InChI=1S/C17H19NO2/c1-12-3-5-15(13(2)9-12)18-11-14-4-6-16-17(10-14)20-8-7-19-16/h3-6,9-10,18H,7-8,11H2,1-2H3. The highest BCUT2D eigenvalue weighted by Crippen LogP contribution is 2.31. The summed E-state index contributed by atoms with van der Waals surface area (Å²) in [6.45, 7) is 6.27. The van der Waals surface area contributed by atoms with Crippen molar-refractivity contribution in [2.75, 3.05) is 18.5 Å². The van der Waals surface area contributed by atoms with Crippen molar-refractivity contribution >= 4 is 5.69 Å². The van der Waals surface area contributed by atoms with Crippen LogP contribution in [-0.2, 0) is 6.54 Å². The lowest BCUT2D eigenvalue weighted by atomic mass is 10.1. The van der Waals surface area contributed by atoms with Gasteiger partial charge in [0.1, 0.15) is 13.2 Å². The third-order valence-electron chi connectivity index (χ3n) is 3.47. The monoisotopic (exact) mass is 269 g/mol. The van der Waals surface area contributed by atoms with Gasteiger partial charge in [-0.05, 0) is 43.2 Å². The summed E-state index contributed by atoms with van der Waals surface area (Å²) in [6, 6.07) is 12.5. The Hall–Kier alpha value is -2.16. The molecule has 0 radical (unpaired) electrons. The minimum Gasteiger partial charge on any atom is -0.486 e. The molecule has 1 heterocycles. The van der Waals surface area contributed by atoms with Crippen LogP contribution in [0.3, 0.4) is 0 Å². The molecule has 0 saturated carbocycles. The van der Waals surface area contributed by atoms with Gasteiger partial charge in [0.05, 0.1) is 0 Å². The second-order valence-electron chi connectivity index (χ2n) is 5.15. The largest absolute Gasteiger partial charge is 0.486 e. The number of fused-ring (bicyclic) bond motifs is 1. The number of rotatable bonds is 3. The number of benzene rings is 2. The molecule has 0 spiro atoms. The van der Waals surface area contributed by atoms with Crippen molar-refractivity contribution in [3.8, 4) is 11.5 Å². The van der Waals surface area contributed by atoms with Crippen LogP contribution in [0.25, 0.3) is 0 Å². The number of anilines is 1. The van der Waals surface area contributed by atoms with Crippen LogP contribution in [0, 0.1) is 13.8 Å². The predicted octanol–water partition coefficient (Wildman–Crippen LogP) is 3.69. The van der Waals surface area contributed by atoms with Gasteiger partial charge in [0.2, 0.25) is 0 Å². The van der Waals surface area contributed by atoms with Crippen LogP contribution in [0.2, 0.25) is 0 Å². The second kappa shape index (κ2) is 5.45. The third kappa shape index (κ3) is 2.72. The SMILES string of the molecule is Cc1ccc(NCc2ccc3c(c2)OCCO3)c(C)c1. The molecule has 3 heteroatoms. The zero-order chi connectivity index (χ0) is 13.9. The molecule has 20 heavy (non-hydrogen) atoms. The first-order valence-corrected chi connectivity index (χ1v) is 6.92. The van der Waals surface area contributed by atoms with Gasteiger partial charge in [-0.2, -0.15) is 0 Å². The van der Waals surface area contributed by atoms with Crippen LogP contribution < -0.4 is 14.8 Å². The number of ether oxygens (including phenoxy) is 2. The van der Waals surface area contributed by atoms with Crippen LogP contribution >= 0.6 is 0 Å². The Bertz CT molecular complexity index is 622. The van der Waals surface area contributed by atoms with Gasteiger partial charge in [-0.3, -0.25) is 0 Å². The second-order valence-corrected chi connectivity index (χ2v) is 5.15. The maximum absolute atomic E-state index is 5.60. The highest BCUT2D eigenvalue weighted by Gasteiger charge is 2.11. The molecular formula is C17H19NO2. The molecule has 0 amide bonds. The van der Waals surface area contributed by atoms with E-state index in [1.165, 1.54) is 22.4 Å². The topological polar surface area (TPSA) is 30.5 Å². The number of nitrogens with one attached hydrogen (secondary N) is 1. The van der Waals surface area contributed by atoms with Gasteiger partial charge < -0.3 is 14.8 Å². The minimum atomic E-state index is 0.626. The zero-order valence-corrected chi connectivity index (χ0v) is 11.9. The summed E-state index contributed by atoms with van der Waals surface area (Å²) in [6.07, 6.45) is 0. The molecule has 1 aliphatic rings. The van der Waals surface area contributed by atoms with Crippen molar-refractivity contribution in [3.05, 3.63) is 53.1 Å². The lowest BCUT2D eigenvalue weighted by molar-refractivity contribution is 0.171. The van der Waals surface area contributed by atoms with E-state index in [1.54, 1.807) is 0 Å². The van der Waals surface area contributed by atoms with Gasteiger partial charge >= 0.3 is 0 Å². The Kier molecular flexibility index (Phi) is 3.50. The Balaban J connectivity index is 1.72. The molecule has 3 rings (SSSR count). The lowest BCUT2D eigenvalue weighted by Gasteiger charge is -2.19. The van der Waals surface area contributed by atoms with Crippen LogP contribution in [-0.4, -0.2) is 13.2 Å². The van der Waals surface area contributed by atoms with Crippen LogP contribution in [0.4, 0.5) is 5.69 Å². The molecule has 0 atom stereocenters. The fraction of sp³-hybridized carbons (Fsp3) is 0.294. The van der Waals surface area contributed by atoms with E-state index >= 15 is 0 Å². The van der Waals surface area contributed by atoms with Gasteiger partial charge in [0.15, 0.2) is 11.5 Å². The molecular weight excluding hydrogens is 250 g/mol. The predicted molar refractivity (Wildman–Crippen MR) is 80.7 cm³/mol. The van der Waals surface area contributed by atoms with E-state index in [1.807, 2.05) is 12.1 Å². The van der Waals surface area contributed by atoms with E-state index in [2.05, 4.69) is 43.4 Å². The Morgan fingerprint density at radius 2 is 1.75 bits per heavy atom. The highest BCUT2D eigenvalue weighted by atomic mass is 16.6. The zero-order valence-electron chi connectivity index (χ0n) is 11.9. The van der Waals surface area contributed by atoms with E-state index in [0.717, 1.165) is 18.0 Å². The quantitative estimate of drug-likeness (QED) is 0.922. The molecule has 104 valence electrons. The Labute approximate surface area is 119 Å². The molecule has 0 saturated heterocycles. The molecule has 2 aromatic carbocycles. The smallest absolute Gasteiger partial charge is 0.161 e. The Morgan fingerprint density at radius 1 is 0.950 bits per heavy atom. The molecule has 0 bridgehead atoms. The lowest BCUT2D eigenvalue weighted by Crippen LogP contribution is -2.15.